The highest BCUT2D eigenvalue weighted by Crippen LogP contribution is 2.30. The van der Waals surface area contributed by atoms with E-state index in [0.717, 1.165) is 87.5 Å². The second-order valence-corrected chi connectivity index (χ2v) is 11.6. The van der Waals surface area contributed by atoms with Crippen molar-refractivity contribution in [1.82, 2.24) is 34.7 Å². The van der Waals surface area contributed by atoms with Gasteiger partial charge in [0.1, 0.15) is 5.65 Å². The van der Waals surface area contributed by atoms with Gasteiger partial charge >= 0.3 is 0 Å². The first kappa shape index (κ1) is 27.5. The molecule has 6 rings (SSSR count). The molecule has 0 bridgehead atoms. The first-order chi connectivity index (χ1) is 20.0. The lowest BCUT2D eigenvalue weighted by molar-refractivity contribution is 0.0706. The van der Waals surface area contributed by atoms with Crippen molar-refractivity contribution in [2.75, 3.05) is 46.3 Å². The minimum atomic E-state index is -0.509. The molecule has 1 aromatic carbocycles. The molecule has 4 aromatic rings. The largest absolute Gasteiger partial charge is 0.328 e. The number of likely N-dealkylation sites (N-methyl/N-ethyl adjacent to an activating group) is 1. The Kier molecular flexibility index (Phi) is 8.38. The smallest absolute Gasteiger partial charge is 0.274 e. The number of fused-ring (bicyclic) bond motifs is 1. The van der Waals surface area contributed by atoms with Crippen molar-refractivity contribution in [3.8, 4) is 0 Å². The Morgan fingerprint density at radius 1 is 0.854 bits per heavy atom. The zero-order valence-electron chi connectivity index (χ0n) is 23.7. The normalized spacial score (nSPS) is 17.7. The van der Waals surface area contributed by atoms with E-state index in [9.17, 15) is 4.79 Å². The summed E-state index contributed by atoms with van der Waals surface area (Å²) < 4.78 is 2.13. The number of nitrogens with one attached hydrogen (secondary N) is 1. The SMILES string of the molecule is CN1CCN(Cc2ccc(CN3CCC(c4cnc5c(ccn5Cc5ccc(C(=O)NO)cc5)c4)CC3)nc2)CC1. The highest BCUT2D eigenvalue weighted by molar-refractivity contribution is 5.93. The number of carbonyl (C=O) groups is 1. The number of hydroxylamine groups is 1. The molecule has 2 aliphatic rings. The molecule has 2 fully saturated rings. The lowest BCUT2D eigenvalue weighted by Crippen LogP contribution is -2.43. The lowest BCUT2D eigenvalue weighted by Gasteiger charge is -2.32. The van der Waals surface area contributed by atoms with Gasteiger partial charge in [-0.15, -0.1) is 0 Å². The maximum Gasteiger partial charge on any atom is 0.274 e. The predicted octanol–water partition coefficient (Wildman–Crippen LogP) is 3.73. The van der Waals surface area contributed by atoms with Crippen molar-refractivity contribution in [3.05, 3.63) is 95.1 Å². The standard InChI is InChI=1S/C32H39N7O2/c1-36-14-16-38(17-15-36)21-25-4-7-30(33-19-25)23-37-11-8-26(9-12-37)29-18-28-10-13-39(31(28)34-20-29)22-24-2-5-27(6-3-24)32(40)35-41/h2-7,10,13,18-20,26,41H,8-9,11-12,14-17,21-23H2,1H3,(H,35,40). The van der Waals surface area contributed by atoms with Gasteiger partial charge in [0.25, 0.3) is 5.91 Å². The predicted molar refractivity (Wildman–Crippen MR) is 159 cm³/mol. The zero-order valence-corrected chi connectivity index (χ0v) is 23.7. The van der Waals surface area contributed by atoms with Crippen LogP contribution in [-0.2, 0) is 19.6 Å². The van der Waals surface area contributed by atoms with Crippen molar-refractivity contribution in [1.29, 1.82) is 0 Å². The fourth-order valence-electron chi connectivity index (χ4n) is 6.03. The number of hydrogen-bond acceptors (Lipinski definition) is 7. The molecule has 3 aromatic heterocycles. The minimum absolute atomic E-state index is 0.424. The molecule has 0 atom stereocenters. The number of rotatable bonds is 8. The Morgan fingerprint density at radius 3 is 2.29 bits per heavy atom. The van der Waals surface area contributed by atoms with Crippen LogP contribution in [-0.4, -0.2) is 86.7 Å². The maximum atomic E-state index is 11.6. The van der Waals surface area contributed by atoms with E-state index in [1.165, 1.54) is 11.1 Å². The van der Waals surface area contributed by atoms with E-state index in [2.05, 4.69) is 69.2 Å². The van der Waals surface area contributed by atoms with Crippen LogP contribution >= 0.6 is 0 Å². The first-order valence-corrected chi connectivity index (χ1v) is 14.6. The van der Waals surface area contributed by atoms with E-state index >= 15 is 0 Å². The van der Waals surface area contributed by atoms with Crippen LogP contribution in [0.25, 0.3) is 11.0 Å². The van der Waals surface area contributed by atoms with Gasteiger partial charge in [0.15, 0.2) is 0 Å². The van der Waals surface area contributed by atoms with Crippen LogP contribution in [0.1, 0.15) is 51.5 Å². The number of nitrogens with zero attached hydrogens (tertiary/aromatic N) is 6. The van der Waals surface area contributed by atoms with Gasteiger partial charge in [-0.3, -0.25) is 24.8 Å². The van der Waals surface area contributed by atoms with Gasteiger partial charge in [0.2, 0.25) is 0 Å². The van der Waals surface area contributed by atoms with Gasteiger partial charge in [-0.1, -0.05) is 18.2 Å². The van der Waals surface area contributed by atoms with Crippen LogP contribution in [0.3, 0.4) is 0 Å². The number of aromatic nitrogens is 3. The summed E-state index contributed by atoms with van der Waals surface area (Å²) in [7, 11) is 2.19. The molecular formula is C32H39N7O2. The quantitative estimate of drug-likeness (QED) is 0.254. The number of pyridine rings is 2. The molecule has 2 saturated heterocycles. The van der Waals surface area contributed by atoms with Crippen LogP contribution in [0.2, 0.25) is 0 Å². The molecule has 0 unspecified atom stereocenters. The molecule has 9 nitrogen and oxygen atoms in total. The average Bonchev–Trinajstić information content (AvgIpc) is 3.41. The molecule has 2 N–H and O–H groups in total. The summed E-state index contributed by atoms with van der Waals surface area (Å²) in [4.78, 5) is 28.6. The summed E-state index contributed by atoms with van der Waals surface area (Å²) in [6.45, 7) is 9.25. The summed E-state index contributed by atoms with van der Waals surface area (Å²) in [5, 5.41) is 9.97. The van der Waals surface area contributed by atoms with Crippen molar-refractivity contribution < 1.29 is 10.0 Å². The third-order valence-electron chi connectivity index (χ3n) is 8.63. The third-order valence-corrected chi connectivity index (χ3v) is 8.63. The van der Waals surface area contributed by atoms with E-state index in [1.54, 1.807) is 17.6 Å². The lowest BCUT2D eigenvalue weighted by atomic mass is 9.90. The molecule has 1 amide bonds. The van der Waals surface area contributed by atoms with Crippen LogP contribution < -0.4 is 5.48 Å². The fraction of sp³-hybridized carbons (Fsp3) is 0.406. The topological polar surface area (TPSA) is 89.8 Å². The Balaban J connectivity index is 1.01. The summed E-state index contributed by atoms with van der Waals surface area (Å²) in [5.41, 5.74) is 7.90. The van der Waals surface area contributed by atoms with Crippen LogP contribution in [0, 0.1) is 0 Å². The third kappa shape index (κ3) is 6.65. The van der Waals surface area contributed by atoms with E-state index < -0.39 is 5.91 Å². The van der Waals surface area contributed by atoms with Gasteiger partial charge in [0, 0.05) is 75.4 Å². The molecular weight excluding hydrogens is 514 g/mol. The Labute approximate surface area is 241 Å². The van der Waals surface area contributed by atoms with E-state index in [1.807, 2.05) is 12.1 Å². The molecule has 41 heavy (non-hydrogen) atoms. The number of benzene rings is 1. The fourth-order valence-corrected chi connectivity index (χ4v) is 6.03. The van der Waals surface area contributed by atoms with Gasteiger partial charge in [-0.05, 0) is 85.9 Å². The number of amides is 1. The molecule has 0 aliphatic carbocycles. The minimum Gasteiger partial charge on any atom is -0.328 e. The van der Waals surface area contributed by atoms with Crippen molar-refractivity contribution in [2.45, 2.75) is 38.4 Å². The van der Waals surface area contributed by atoms with Crippen molar-refractivity contribution in [3.63, 3.8) is 0 Å². The highest BCUT2D eigenvalue weighted by atomic mass is 16.5. The molecule has 0 spiro atoms. The molecule has 9 heteroatoms. The first-order valence-electron chi connectivity index (χ1n) is 14.6. The van der Waals surface area contributed by atoms with E-state index in [4.69, 9.17) is 15.2 Å². The Hall–Kier alpha value is -3.63. The van der Waals surface area contributed by atoms with Crippen LogP contribution in [0.4, 0.5) is 0 Å². The average molecular weight is 554 g/mol. The van der Waals surface area contributed by atoms with Crippen molar-refractivity contribution in [2.24, 2.45) is 0 Å². The van der Waals surface area contributed by atoms with Gasteiger partial charge in [-0.25, -0.2) is 10.5 Å². The molecule has 5 heterocycles. The monoisotopic (exact) mass is 553 g/mol. The number of piperidine rings is 1. The number of carbonyl (C=O) groups excluding carboxylic acids is 1. The summed E-state index contributed by atoms with van der Waals surface area (Å²) in [6.07, 6.45) is 8.45. The molecule has 214 valence electrons. The van der Waals surface area contributed by atoms with Crippen LogP contribution in [0.15, 0.2) is 67.1 Å². The van der Waals surface area contributed by atoms with E-state index in [-0.39, 0.29) is 0 Å². The second kappa shape index (κ2) is 12.5. The summed E-state index contributed by atoms with van der Waals surface area (Å²) in [5.74, 6) is 0.0149. The molecule has 0 saturated carbocycles. The Bertz CT molecular complexity index is 1450. The van der Waals surface area contributed by atoms with E-state index in [0.29, 0.717) is 18.0 Å². The molecule has 2 aliphatic heterocycles. The number of piperazine rings is 1. The zero-order chi connectivity index (χ0) is 28.2. The van der Waals surface area contributed by atoms with Crippen molar-refractivity contribution >= 4 is 16.9 Å². The van der Waals surface area contributed by atoms with Crippen LogP contribution in [0.5, 0.6) is 0 Å². The number of hydrogen-bond donors (Lipinski definition) is 2. The summed E-state index contributed by atoms with van der Waals surface area (Å²) in [6, 6.07) is 16.1. The highest BCUT2D eigenvalue weighted by Gasteiger charge is 2.22. The maximum absolute atomic E-state index is 11.6. The number of likely N-dealkylation sites (tertiary alicyclic amines) is 1. The van der Waals surface area contributed by atoms with Gasteiger partial charge < -0.3 is 9.47 Å². The summed E-state index contributed by atoms with van der Waals surface area (Å²) >= 11 is 0. The van der Waals surface area contributed by atoms with Gasteiger partial charge in [-0.2, -0.15) is 0 Å². The van der Waals surface area contributed by atoms with Gasteiger partial charge in [0.05, 0.1) is 5.69 Å². The second-order valence-electron chi connectivity index (χ2n) is 11.6. The molecule has 0 radical (unpaired) electrons. The Morgan fingerprint density at radius 2 is 1.59 bits per heavy atom.